The Bertz CT molecular complexity index is 1390. The standard InChI is InChI=1S/C27H30F4N4O3/c1-14-23-19(13-21(24(14)38-5)26(37)9-11-35(12-10-26)17(4)36)25(34-16(3)33-23)32-15(2)18-7-6-8-20(22(18)28)27(29,30)31/h6-8,13,15,37H,9-12H2,1-5H3,(H,32,33,34)/t15-/m1/s1. The maximum absolute atomic E-state index is 14.9. The van der Waals surface area contributed by atoms with Crippen molar-refractivity contribution in [1.29, 1.82) is 0 Å². The van der Waals surface area contributed by atoms with Crippen LogP contribution in [0.25, 0.3) is 10.9 Å². The van der Waals surface area contributed by atoms with E-state index in [4.69, 9.17) is 4.74 Å². The lowest BCUT2D eigenvalue weighted by molar-refractivity contribution is -0.140. The van der Waals surface area contributed by atoms with E-state index >= 15 is 0 Å². The van der Waals surface area contributed by atoms with Crippen LogP contribution in [0.1, 0.15) is 60.8 Å². The van der Waals surface area contributed by atoms with Crippen molar-refractivity contribution in [3.05, 3.63) is 58.2 Å². The second kappa shape index (κ2) is 10.0. The summed E-state index contributed by atoms with van der Waals surface area (Å²) in [5.41, 5.74) is -1.12. The molecule has 0 radical (unpaired) electrons. The first kappa shape index (κ1) is 27.6. The number of amides is 1. The molecule has 1 saturated heterocycles. The number of aliphatic hydroxyl groups is 1. The van der Waals surface area contributed by atoms with Crippen LogP contribution < -0.4 is 10.1 Å². The number of carbonyl (C=O) groups excluding carboxylic acids is 1. The lowest BCUT2D eigenvalue weighted by Crippen LogP contribution is -2.44. The SMILES string of the molecule is COc1c(C2(O)CCN(C(C)=O)CC2)cc2c(N[C@H](C)c3cccc(C(F)(F)F)c3F)nc(C)nc2c1C. The number of hydrogen-bond acceptors (Lipinski definition) is 6. The van der Waals surface area contributed by atoms with E-state index in [1.54, 1.807) is 31.7 Å². The molecular weight excluding hydrogens is 504 g/mol. The smallest absolute Gasteiger partial charge is 0.419 e. The number of aromatic nitrogens is 2. The van der Waals surface area contributed by atoms with Gasteiger partial charge in [-0.05, 0) is 45.7 Å². The molecule has 4 rings (SSSR count). The molecule has 1 aliphatic rings. The molecule has 0 saturated carbocycles. The van der Waals surface area contributed by atoms with Crippen molar-refractivity contribution in [3.8, 4) is 5.75 Å². The third kappa shape index (κ3) is 4.99. The molecule has 2 heterocycles. The number of fused-ring (bicyclic) bond motifs is 1. The van der Waals surface area contributed by atoms with Gasteiger partial charge in [-0.3, -0.25) is 4.79 Å². The maximum atomic E-state index is 14.9. The summed E-state index contributed by atoms with van der Waals surface area (Å²) in [6.45, 7) is 7.23. The largest absolute Gasteiger partial charge is 0.496 e. The minimum atomic E-state index is -4.83. The van der Waals surface area contributed by atoms with Gasteiger partial charge in [0, 0.05) is 42.1 Å². The molecule has 1 atom stereocenters. The molecule has 2 aromatic carbocycles. The van der Waals surface area contributed by atoms with E-state index in [9.17, 15) is 27.5 Å². The summed E-state index contributed by atoms with van der Waals surface area (Å²) >= 11 is 0. The summed E-state index contributed by atoms with van der Waals surface area (Å²) in [4.78, 5) is 22.5. The Morgan fingerprint density at radius 3 is 2.45 bits per heavy atom. The lowest BCUT2D eigenvalue weighted by Gasteiger charge is -2.39. The quantitative estimate of drug-likeness (QED) is 0.426. The Morgan fingerprint density at radius 1 is 1.21 bits per heavy atom. The number of piperidine rings is 1. The van der Waals surface area contributed by atoms with E-state index in [1.807, 2.05) is 0 Å². The molecule has 1 amide bonds. The van der Waals surface area contributed by atoms with Crippen LogP contribution >= 0.6 is 0 Å². The summed E-state index contributed by atoms with van der Waals surface area (Å²) in [6.07, 6.45) is -4.25. The van der Waals surface area contributed by atoms with E-state index in [-0.39, 0.29) is 30.1 Å². The Labute approximate surface area is 217 Å². The Hall–Kier alpha value is -3.47. The number of likely N-dealkylation sites (tertiary alicyclic amines) is 1. The number of carbonyl (C=O) groups is 1. The number of aryl methyl sites for hydroxylation is 2. The molecule has 1 aromatic heterocycles. The van der Waals surface area contributed by atoms with Crippen LogP contribution in [0.5, 0.6) is 5.75 Å². The van der Waals surface area contributed by atoms with E-state index < -0.39 is 29.2 Å². The number of halogens is 4. The van der Waals surface area contributed by atoms with Crippen molar-refractivity contribution < 1.29 is 32.2 Å². The fourth-order valence-corrected chi connectivity index (χ4v) is 5.09. The number of benzene rings is 2. The first-order valence-electron chi connectivity index (χ1n) is 12.2. The van der Waals surface area contributed by atoms with Gasteiger partial charge in [0.05, 0.1) is 29.8 Å². The van der Waals surface area contributed by atoms with Crippen molar-refractivity contribution in [3.63, 3.8) is 0 Å². The molecule has 1 aliphatic heterocycles. The number of anilines is 1. The predicted molar refractivity (Wildman–Crippen MR) is 134 cm³/mol. The highest BCUT2D eigenvalue weighted by Gasteiger charge is 2.39. The summed E-state index contributed by atoms with van der Waals surface area (Å²) in [5, 5.41) is 15.2. The van der Waals surface area contributed by atoms with Gasteiger partial charge in [0.15, 0.2) is 0 Å². The average molecular weight is 535 g/mol. The average Bonchev–Trinajstić information content (AvgIpc) is 2.84. The number of methoxy groups -OCH3 is 1. The Morgan fingerprint density at radius 2 is 1.87 bits per heavy atom. The monoisotopic (exact) mass is 534 g/mol. The van der Waals surface area contributed by atoms with E-state index in [2.05, 4.69) is 15.3 Å². The van der Waals surface area contributed by atoms with Crippen LogP contribution in [0.4, 0.5) is 23.4 Å². The molecular formula is C27H30F4N4O3. The number of nitrogens with zero attached hydrogens (tertiary/aromatic N) is 3. The van der Waals surface area contributed by atoms with Gasteiger partial charge in [-0.25, -0.2) is 14.4 Å². The fraction of sp³-hybridized carbons (Fsp3) is 0.444. The van der Waals surface area contributed by atoms with Crippen molar-refractivity contribution >= 4 is 22.6 Å². The second-order valence-corrected chi connectivity index (χ2v) is 9.71. The van der Waals surface area contributed by atoms with Gasteiger partial charge >= 0.3 is 6.18 Å². The van der Waals surface area contributed by atoms with Gasteiger partial charge in [-0.1, -0.05) is 12.1 Å². The van der Waals surface area contributed by atoms with Crippen LogP contribution in [-0.2, 0) is 16.6 Å². The molecule has 3 aromatic rings. The fourth-order valence-electron chi connectivity index (χ4n) is 5.09. The van der Waals surface area contributed by atoms with Gasteiger partial charge in [0.25, 0.3) is 0 Å². The minimum Gasteiger partial charge on any atom is -0.496 e. The van der Waals surface area contributed by atoms with Crippen LogP contribution in [0.15, 0.2) is 24.3 Å². The van der Waals surface area contributed by atoms with Crippen molar-refractivity contribution in [1.82, 2.24) is 14.9 Å². The Kier molecular flexibility index (Phi) is 7.26. The molecule has 38 heavy (non-hydrogen) atoms. The number of nitrogens with one attached hydrogen (secondary N) is 1. The van der Waals surface area contributed by atoms with Crippen LogP contribution in [0, 0.1) is 19.7 Å². The Balaban J connectivity index is 1.81. The maximum Gasteiger partial charge on any atom is 0.419 e. The number of rotatable bonds is 5. The zero-order valence-electron chi connectivity index (χ0n) is 21.8. The highest BCUT2D eigenvalue weighted by molar-refractivity contribution is 5.94. The zero-order chi connectivity index (χ0) is 28.0. The molecule has 0 spiro atoms. The minimum absolute atomic E-state index is 0.0696. The summed E-state index contributed by atoms with van der Waals surface area (Å²) in [7, 11) is 1.50. The first-order valence-corrected chi connectivity index (χ1v) is 12.2. The summed E-state index contributed by atoms with van der Waals surface area (Å²) in [6, 6.07) is 4.00. The molecule has 1 fully saturated rings. The molecule has 0 bridgehead atoms. The summed E-state index contributed by atoms with van der Waals surface area (Å²) in [5.74, 6) is -0.283. The predicted octanol–water partition coefficient (Wildman–Crippen LogP) is 5.42. The van der Waals surface area contributed by atoms with E-state index in [0.717, 1.165) is 0 Å². The van der Waals surface area contributed by atoms with Gasteiger partial charge in [-0.2, -0.15) is 13.2 Å². The highest BCUT2D eigenvalue weighted by Crippen LogP contribution is 2.44. The normalized spacial score (nSPS) is 16.4. The van der Waals surface area contributed by atoms with Crippen molar-refractivity contribution in [2.45, 2.75) is 58.4 Å². The zero-order valence-corrected chi connectivity index (χ0v) is 21.8. The van der Waals surface area contributed by atoms with E-state index in [1.165, 1.54) is 26.2 Å². The first-order chi connectivity index (χ1) is 17.8. The van der Waals surface area contributed by atoms with Crippen LogP contribution in [0.3, 0.4) is 0 Å². The van der Waals surface area contributed by atoms with Crippen molar-refractivity contribution in [2.75, 3.05) is 25.5 Å². The van der Waals surface area contributed by atoms with E-state index in [0.29, 0.717) is 52.8 Å². The molecule has 11 heteroatoms. The number of hydrogen-bond donors (Lipinski definition) is 2. The van der Waals surface area contributed by atoms with Gasteiger partial charge in [-0.15, -0.1) is 0 Å². The highest BCUT2D eigenvalue weighted by atomic mass is 19.4. The number of ether oxygens (including phenoxy) is 1. The third-order valence-corrected chi connectivity index (χ3v) is 7.18. The van der Waals surface area contributed by atoms with Crippen LogP contribution in [0.2, 0.25) is 0 Å². The third-order valence-electron chi connectivity index (χ3n) is 7.18. The molecule has 7 nitrogen and oxygen atoms in total. The summed E-state index contributed by atoms with van der Waals surface area (Å²) < 4.78 is 60.4. The van der Waals surface area contributed by atoms with Gasteiger partial charge in [0.2, 0.25) is 5.91 Å². The number of alkyl halides is 3. The molecule has 2 N–H and O–H groups in total. The molecule has 204 valence electrons. The van der Waals surface area contributed by atoms with Crippen molar-refractivity contribution in [2.24, 2.45) is 0 Å². The second-order valence-electron chi connectivity index (χ2n) is 9.71. The van der Waals surface area contributed by atoms with Gasteiger partial charge < -0.3 is 20.1 Å². The topological polar surface area (TPSA) is 87.6 Å². The van der Waals surface area contributed by atoms with Gasteiger partial charge in [0.1, 0.15) is 23.2 Å². The molecule has 0 aliphatic carbocycles. The van der Waals surface area contributed by atoms with Crippen LogP contribution in [-0.4, -0.2) is 46.1 Å². The lowest BCUT2D eigenvalue weighted by atomic mass is 9.82. The molecule has 0 unspecified atom stereocenters.